The number of urea groups is 1. The second-order valence-electron chi connectivity index (χ2n) is 5.33. The molecule has 0 radical (unpaired) electrons. The summed E-state index contributed by atoms with van der Waals surface area (Å²) in [5.41, 5.74) is 1.58. The molecule has 0 saturated heterocycles. The second kappa shape index (κ2) is 6.48. The number of fused-ring (bicyclic) bond motifs is 1. The molecule has 3 rings (SSSR count). The Morgan fingerprint density at radius 3 is 2.91 bits per heavy atom. The van der Waals surface area contributed by atoms with Crippen molar-refractivity contribution >= 4 is 17.0 Å². The highest BCUT2D eigenvalue weighted by atomic mass is 16.3. The van der Waals surface area contributed by atoms with Crippen LogP contribution < -0.4 is 10.6 Å². The lowest BCUT2D eigenvalue weighted by molar-refractivity contribution is 0.236. The van der Waals surface area contributed by atoms with Crippen LogP contribution in [0.1, 0.15) is 30.2 Å². The highest BCUT2D eigenvalue weighted by Crippen LogP contribution is 2.23. The molecule has 0 saturated carbocycles. The summed E-state index contributed by atoms with van der Waals surface area (Å²) < 4.78 is 5.75. The molecule has 0 aliphatic rings. The van der Waals surface area contributed by atoms with Gasteiger partial charge in [0.15, 0.2) is 0 Å². The first-order valence-electron chi connectivity index (χ1n) is 7.43. The van der Waals surface area contributed by atoms with Gasteiger partial charge in [0.25, 0.3) is 0 Å². The molecule has 2 aromatic heterocycles. The van der Waals surface area contributed by atoms with Gasteiger partial charge in [0.1, 0.15) is 17.2 Å². The number of benzene rings is 1. The minimum absolute atomic E-state index is 0.227. The predicted molar refractivity (Wildman–Crippen MR) is 86.8 cm³/mol. The zero-order chi connectivity index (χ0) is 16.2. The van der Waals surface area contributed by atoms with E-state index in [0.717, 1.165) is 22.4 Å². The molecule has 6 heteroatoms. The number of aromatic nitrogens is 2. The Labute approximate surface area is 133 Å². The minimum atomic E-state index is -0.269. The van der Waals surface area contributed by atoms with Gasteiger partial charge in [-0.15, -0.1) is 0 Å². The van der Waals surface area contributed by atoms with Gasteiger partial charge in [0.2, 0.25) is 0 Å². The molecular weight excluding hydrogens is 292 g/mol. The fourth-order valence-corrected chi connectivity index (χ4v) is 2.31. The van der Waals surface area contributed by atoms with Crippen LogP contribution in [0.3, 0.4) is 0 Å². The summed E-state index contributed by atoms with van der Waals surface area (Å²) >= 11 is 0. The van der Waals surface area contributed by atoms with Crippen molar-refractivity contribution in [3.8, 4) is 0 Å². The first-order valence-corrected chi connectivity index (χ1v) is 7.43. The number of nitrogens with one attached hydrogen (secondary N) is 2. The quantitative estimate of drug-likeness (QED) is 0.776. The van der Waals surface area contributed by atoms with E-state index in [1.54, 1.807) is 12.3 Å². The summed E-state index contributed by atoms with van der Waals surface area (Å²) in [5.74, 6) is 1.40. The molecule has 0 spiro atoms. The van der Waals surface area contributed by atoms with Crippen molar-refractivity contribution < 1.29 is 9.21 Å². The molecular formula is C17H18N4O2. The van der Waals surface area contributed by atoms with Gasteiger partial charge in [-0.05, 0) is 32.0 Å². The Morgan fingerprint density at radius 2 is 2.13 bits per heavy atom. The average Bonchev–Trinajstić information content (AvgIpc) is 2.97. The Morgan fingerprint density at radius 1 is 1.30 bits per heavy atom. The van der Waals surface area contributed by atoms with Crippen LogP contribution in [0.4, 0.5) is 4.79 Å². The summed E-state index contributed by atoms with van der Waals surface area (Å²) in [4.78, 5) is 20.3. The van der Waals surface area contributed by atoms with E-state index in [-0.39, 0.29) is 12.1 Å². The van der Waals surface area contributed by atoms with Crippen molar-refractivity contribution in [2.75, 3.05) is 0 Å². The molecule has 2 heterocycles. The molecule has 23 heavy (non-hydrogen) atoms. The van der Waals surface area contributed by atoms with Crippen molar-refractivity contribution in [1.29, 1.82) is 0 Å². The SMILES string of the molecule is Cc1nccc(CNC(=O)NC(C)c2cc3ccccc3o2)n1. The molecule has 118 valence electrons. The van der Waals surface area contributed by atoms with Gasteiger partial charge in [-0.25, -0.2) is 14.8 Å². The smallest absolute Gasteiger partial charge is 0.315 e. The van der Waals surface area contributed by atoms with Crippen LogP contribution in [-0.2, 0) is 6.54 Å². The summed E-state index contributed by atoms with van der Waals surface area (Å²) in [7, 11) is 0. The van der Waals surface area contributed by atoms with Gasteiger partial charge in [0, 0.05) is 11.6 Å². The number of amides is 2. The zero-order valence-corrected chi connectivity index (χ0v) is 13.0. The molecule has 6 nitrogen and oxygen atoms in total. The van der Waals surface area contributed by atoms with Crippen LogP contribution in [0.15, 0.2) is 47.0 Å². The van der Waals surface area contributed by atoms with Crippen LogP contribution in [0, 0.1) is 6.92 Å². The van der Waals surface area contributed by atoms with Crippen molar-refractivity contribution in [3.63, 3.8) is 0 Å². The molecule has 1 unspecified atom stereocenters. The monoisotopic (exact) mass is 310 g/mol. The van der Waals surface area contributed by atoms with Crippen LogP contribution in [0.2, 0.25) is 0 Å². The number of rotatable bonds is 4. The van der Waals surface area contributed by atoms with Crippen LogP contribution in [-0.4, -0.2) is 16.0 Å². The minimum Gasteiger partial charge on any atom is -0.459 e. The highest BCUT2D eigenvalue weighted by molar-refractivity contribution is 5.78. The lowest BCUT2D eigenvalue weighted by Gasteiger charge is -2.12. The Balaban J connectivity index is 1.58. The van der Waals surface area contributed by atoms with Gasteiger partial charge in [0.05, 0.1) is 18.3 Å². The summed E-state index contributed by atoms with van der Waals surface area (Å²) in [6.07, 6.45) is 1.67. The number of aryl methyl sites for hydroxylation is 1. The first kappa shape index (κ1) is 15.0. The molecule has 1 atom stereocenters. The summed E-state index contributed by atoms with van der Waals surface area (Å²) in [6.45, 7) is 4.04. The number of hydrogen-bond donors (Lipinski definition) is 2. The number of nitrogens with zero attached hydrogens (tertiary/aromatic N) is 2. The standard InChI is InChI=1S/C17H18N4O2/c1-11(16-9-13-5-3-4-6-15(13)23-16)20-17(22)19-10-14-7-8-18-12(2)21-14/h3-9,11H,10H2,1-2H3,(H2,19,20,22). The molecule has 0 aliphatic heterocycles. The Hall–Kier alpha value is -2.89. The third-order valence-electron chi connectivity index (χ3n) is 3.48. The molecule has 0 bridgehead atoms. The van der Waals surface area contributed by atoms with E-state index >= 15 is 0 Å². The number of para-hydroxylation sites is 1. The maximum Gasteiger partial charge on any atom is 0.315 e. The van der Waals surface area contributed by atoms with Gasteiger partial charge in [-0.1, -0.05) is 18.2 Å². The van der Waals surface area contributed by atoms with Gasteiger partial charge < -0.3 is 15.1 Å². The van der Waals surface area contributed by atoms with E-state index < -0.39 is 0 Å². The average molecular weight is 310 g/mol. The van der Waals surface area contributed by atoms with E-state index in [4.69, 9.17) is 4.42 Å². The predicted octanol–water partition coefficient (Wildman–Crippen LogP) is 3.09. The summed E-state index contributed by atoms with van der Waals surface area (Å²) in [6, 6.07) is 11.0. The van der Waals surface area contributed by atoms with Crippen LogP contribution >= 0.6 is 0 Å². The van der Waals surface area contributed by atoms with Gasteiger partial charge in [-0.3, -0.25) is 0 Å². The number of carbonyl (C=O) groups is 1. The van der Waals surface area contributed by atoms with Crippen molar-refractivity contribution in [3.05, 3.63) is 59.9 Å². The van der Waals surface area contributed by atoms with E-state index in [1.165, 1.54) is 0 Å². The number of furan rings is 1. The Kier molecular flexibility index (Phi) is 4.23. The lowest BCUT2D eigenvalue weighted by atomic mass is 10.2. The fourth-order valence-electron chi connectivity index (χ4n) is 2.31. The molecule has 2 N–H and O–H groups in total. The van der Waals surface area contributed by atoms with Crippen molar-refractivity contribution in [2.24, 2.45) is 0 Å². The summed E-state index contributed by atoms with van der Waals surface area (Å²) in [5, 5.41) is 6.65. The highest BCUT2D eigenvalue weighted by Gasteiger charge is 2.14. The normalized spacial score (nSPS) is 12.1. The topological polar surface area (TPSA) is 80.0 Å². The molecule has 0 aliphatic carbocycles. The van der Waals surface area contributed by atoms with Crippen LogP contribution in [0.25, 0.3) is 11.0 Å². The van der Waals surface area contributed by atoms with Crippen molar-refractivity contribution in [2.45, 2.75) is 26.4 Å². The molecule has 0 fully saturated rings. The van der Waals surface area contributed by atoms with E-state index in [1.807, 2.05) is 44.2 Å². The molecule has 1 aromatic carbocycles. The Bertz CT molecular complexity index is 795. The third-order valence-corrected chi connectivity index (χ3v) is 3.48. The first-order chi connectivity index (χ1) is 11.1. The number of hydrogen-bond acceptors (Lipinski definition) is 4. The van der Waals surface area contributed by atoms with Crippen molar-refractivity contribution in [1.82, 2.24) is 20.6 Å². The van der Waals surface area contributed by atoms with E-state index in [2.05, 4.69) is 20.6 Å². The zero-order valence-electron chi connectivity index (χ0n) is 13.0. The molecule has 2 amide bonds. The van der Waals surface area contributed by atoms with E-state index in [9.17, 15) is 4.79 Å². The van der Waals surface area contributed by atoms with Gasteiger partial charge >= 0.3 is 6.03 Å². The maximum atomic E-state index is 12.0. The van der Waals surface area contributed by atoms with Gasteiger partial charge in [-0.2, -0.15) is 0 Å². The van der Waals surface area contributed by atoms with Crippen LogP contribution in [0.5, 0.6) is 0 Å². The third kappa shape index (κ3) is 3.66. The molecule has 3 aromatic rings. The van der Waals surface area contributed by atoms with E-state index in [0.29, 0.717) is 12.4 Å². The lowest BCUT2D eigenvalue weighted by Crippen LogP contribution is -2.36. The fraction of sp³-hybridized carbons (Fsp3) is 0.235. The maximum absolute atomic E-state index is 12.0. The largest absolute Gasteiger partial charge is 0.459 e. The second-order valence-corrected chi connectivity index (χ2v) is 5.33. The number of carbonyl (C=O) groups excluding carboxylic acids is 1.